The van der Waals surface area contributed by atoms with Crippen LogP contribution in [0.4, 0.5) is 0 Å². The van der Waals surface area contributed by atoms with E-state index in [9.17, 15) is 5.11 Å². The van der Waals surface area contributed by atoms with Gasteiger partial charge in [-0.1, -0.05) is 13.3 Å². The average molecular weight is 157 g/mol. The highest BCUT2D eigenvalue weighted by Gasteiger charge is 2.35. The second-order valence-electron chi connectivity index (χ2n) is 4.20. The lowest BCUT2D eigenvalue weighted by atomic mass is 10.1. The molecule has 0 aliphatic heterocycles. The molecule has 1 saturated carbocycles. The molecule has 0 saturated heterocycles. The quantitative estimate of drug-likeness (QED) is 0.641. The number of rotatable bonds is 4. The maximum atomic E-state index is 9.39. The largest absolute Gasteiger partial charge is 0.389 e. The third-order valence-corrected chi connectivity index (χ3v) is 2.24. The van der Waals surface area contributed by atoms with E-state index in [-0.39, 0.29) is 0 Å². The Bertz CT molecular complexity index is 128. The van der Waals surface area contributed by atoms with Crippen LogP contribution in [0.1, 0.15) is 33.6 Å². The van der Waals surface area contributed by atoms with Crippen molar-refractivity contribution in [1.29, 1.82) is 0 Å². The molecular formula is C9H19NO. The van der Waals surface area contributed by atoms with Crippen LogP contribution in [0.25, 0.3) is 0 Å². The summed E-state index contributed by atoms with van der Waals surface area (Å²) >= 11 is 0. The first-order valence-corrected chi connectivity index (χ1v) is 4.48. The minimum Gasteiger partial charge on any atom is -0.389 e. The fourth-order valence-corrected chi connectivity index (χ4v) is 1.33. The van der Waals surface area contributed by atoms with E-state index >= 15 is 0 Å². The van der Waals surface area contributed by atoms with Crippen LogP contribution in [0, 0.1) is 5.92 Å². The molecule has 1 aliphatic rings. The Morgan fingerprint density at radius 2 is 2.18 bits per heavy atom. The van der Waals surface area contributed by atoms with E-state index in [0.717, 1.165) is 5.92 Å². The van der Waals surface area contributed by atoms with Gasteiger partial charge in [-0.05, 0) is 26.2 Å². The number of hydrogen-bond acceptors (Lipinski definition) is 2. The Balaban J connectivity index is 2.06. The molecule has 0 amide bonds. The van der Waals surface area contributed by atoms with Gasteiger partial charge in [0.25, 0.3) is 0 Å². The van der Waals surface area contributed by atoms with Crippen molar-refractivity contribution in [3.8, 4) is 0 Å². The molecule has 11 heavy (non-hydrogen) atoms. The van der Waals surface area contributed by atoms with Crippen molar-refractivity contribution in [2.75, 3.05) is 6.54 Å². The monoisotopic (exact) mass is 157 g/mol. The number of hydrogen-bond donors (Lipinski definition) is 2. The summed E-state index contributed by atoms with van der Waals surface area (Å²) in [5.41, 5.74) is -0.555. The molecule has 1 aliphatic carbocycles. The highest BCUT2D eigenvalue weighted by Crippen LogP contribution is 2.33. The van der Waals surface area contributed by atoms with Gasteiger partial charge >= 0.3 is 0 Å². The summed E-state index contributed by atoms with van der Waals surface area (Å²) in [4.78, 5) is 0. The topological polar surface area (TPSA) is 32.3 Å². The first kappa shape index (κ1) is 9.01. The fraction of sp³-hybridized carbons (Fsp3) is 1.00. The molecule has 2 atom stereocenters. The Labute approximate surface area is 69.0 Å². The van der Waals surface area contributed by atoms with Gasteiger partial charge in [0.05, 0.1) is 5.60 Å². The maximum absolute atomic E-state index is 9.39. The van der Waals surface area contributed by atoms with E-state index in [2.05, 4.69) is 12.2 Å². The van der Waals surface area contributed by atoms with Crippen LogP contribution < -0.4 is 5.32 Å². The van der Waals surface area contributed by atoms with E-state index < -0.39 is 5.60 Å². The summed E-state index contributed by atoms with van der Waals surface area (Å²) in [6.45, 7) is 6.61. The molecule has 0 spiro atoms. The second-order valence-corrected chi connectivity index (χ2v) is 4.20. The zero-order valence-electron chi connectivity index (χ0n) is 7.72. The molecule has 0 aromatic heterocycles. The summed E-state index contributed by atoms with van der Waals surface area (Å²) in [5, 5.41) is 12.7. The molecule has 0 bridgehead atoms. The van der Waals surface area contributed by atoms with Crippen LogP contribution in [-0.2, 0) is 0 Å². The molecular weight excluding hydrogens is 138 g/mol. The van der Waals surface area contributed by atoms with E-state index in [1.165, 1.54) is 12.8 Å². The van der Waals surface area contributed by atoms with Crippen molar-refractivity contribution >= 4 is 0 Å². The molecule has 2 heteroatoms. The predicted octanol–water partition coefficient (Wildman–Crippen LogP) is 1.15. The van der Waals surface area contributed by atoms with Gasteiger partial charge < -0.3 is 10.4 Å². The summed E-state index contributed by atoms with van der Waals surface area (Å²) < 4.78 is 0. The van der Waals surface area contributed by atoms with Crippen molar-refractivity contribution in [3.63, 3.8) is 0 Å². The summed E-state index contributed by atoms with van der Waals surface area (Å²) in [7, 11) is 0. The Morgan fingerprint density at radius 1 is 1.55 bits per heavy atom. The van der Waals surface area contributed by atoms with E-state index in [0.29, 0.717) is 12.6 Å². The van der Waals surface area contributed by atoms with E-state index in [1.54, 1.807) is 0 Å². The first-order valence-electron chi connectivity index (χ1n) is 4.48. The lowest BCUT2D eigenvalue weighted by molar-refractivity contribution is 0.0790. The average Bonchev–Trinajstić information content (AvgIpc) is 2.60. The Kier molecular flexibility index (Phi) is 2.55. The second kappa shape index (κ2) is 3.11. The minimum atomic E-state index is -0.555. The Morgan fingerprint density at radius 3 is 2.55 bits per heavy atom. The lowest BCUT2D eigenvalue weighted by Gasteiger charge is -2.17. The summed E-state index contributed by atoms with van der Waals surface area (Å²) in [5.74, 6) is 0.873. The molecule has 1 fully saturated rings. The molecule has 1 rings (SSSR count). The third kappa shape index (κ3) is 3.21. The molecule has 0 heterocycles. The van der Waals surface area contributed by atoms with Crippen molar-refractivity contribution in [2.24, 2.45) is 5.92 Å². The maximum Gasteiger partial charge on any atom is 0.0715 e. The van der Waals surface area contributed by atoms with Crippen molar-refractivity contribution < 1.29 is 5.11 Å². The molecule has 0 radical (unpaired) electrons. The highest BCUT2D eigenvalue weighted by molar-refractivity contribution is 4.93. The lowest BCUT2D eigenvalue weighted by Crippen LogP contribution is -2.36. The van der Waals surface area contributed by atoms with Gasteiger partial charge in [0.1, 0.15) is 0 Å². The first-order chi connectivity index (χ1) is 5.03. The number of nitrogens with one attached hydrogen (secondary N) is 1. The standard InChI is InChI=1S/C9H19NO/c1-4-7-5-8(7)10-6-9(2,3)11/h7-8,10-11H,4-6H2,1-3H3. The molecule has 2 N–H and O–H groups in total. The van der Waals surface area contributed by atoms with Gasteiger partial charge in [-0.2, -0.15) is 0 Å². The SMILES string of the molecule is CCC1CC1NCC(C)(C)O. The van der Waals surface area contributed by atoms with E-state index in [4.69, 9.17) is 0 Å². The molecule has 2 unspecified atom stereocenters. The van der Waals surface area contributed by atoms with Gasteiger partial charge in [0.2, 0.25) is 0 Å². The molecule has 0 aromatic carbocycles. The van der Waals surface area contributed by atoms with Gasteiger partial charge in [-0.15, -0.1) is 0 Å². The van der Waals surface area contributed by atoms with Crippen molar-refractivity contribution in [2.45, 2.75) is 45.3 Å². The highest BCUT2D eigenvalue weighted by atomic mass is 16.3. The van der Waals surface area contributed by atoms with Gasteiger partial charge in [0, 0.05) is 12.6 Å². The summed E-state index contributed by atoms with van der Waals surface area (Å²) in [6.07, 6.45) is 2.57. The third-order valence-electron chi connectivity index (χ3n) is 2.24. The van der Waals surface area contributed by atoms with Crippen LogP contribution in [-0.4, -0.2) is 23.3 Å². The predicted molar refractivity (Wildman–Crippen MR) is 46.5 cm³/mol. The normalized spacial score (nSPS) is 30.5. The number of aliphatic hydroxyl groups is 1. The van der Waals surface area contributed by atoms with Gasteiger partial charge in [-0.25, -0.2) is 0 Å². The minimum absolute atomic E-state index is 0.555. The van der Waals surface area contributed by atoms with Crippen molar-refractivity contribution in [3.05, 3.63) is 0 Å². The summed E-state index contributed by atoms with van der Waals surface area (Å²) in [6, 6.07) is 0.687. The zero-order chi connectivity index (χ0) is 8.48. The van der Waals surface area contributed by atoms with Gasteiger partial charge in [0.15, 0.2) is 0 Å². The van der Waals surface area contributed by atoms with Gasteiger partial charge in [-0.3, -0.25) is 0 Å². The van der Waals surface area contributed by atoms with Crippen LogP contribution in [0.15, 0.2) is 0 Å². The zero-order valence-corrected chi connectivity index (χ0v) is 7.72. The smallest absolute Gasteiger partial charge is 0.0715 e. The molecule has 2 nitrogen and oxygen atoms in total. The fourth-order valence-electron chi connectivity index (χ4n) is 1.33. The van der Waals surface area contributed by atoms with Crippen molar-refractivity contribution in [1.82, 2.24) is 5.32 Å². The van der Waals surface area contributed by atoms with E-state index in [1.807, 2.05) is 13.8 Å². The molecule has 0 aromatic rings. The van der Waals surface area contributed by atoms with Crippen LogP contribution in [0.3, 0.4) is 0 Å². The van der Waals surface area contributed by atoms with Crippen LogP contribution in [0.2, 0.25) is 0 Å². The van der Waals surface area contributed by atoms with Crippen LogP contribution >= 0.6 is 0 Å². The molecule has 66 valence electrons. The Hall–Kier alpha value is -0.0800. The van der Waals surface area contributed by atoms with Crippen LogP contribution in [0.5, 0.6) is 0 Å².